The number of benzene rings is 1. The molecule has 0 spiro atoms. The van der Waals surface area contributed by atoms with Crippen LogP contribution in [0.4, 0.5) is 5.69 Å². The number of hydrogen-bond acceptors (Lipinski definition) is 4. The van der Waals surface area contributed by atoms with Gasteiger partial charge in [0, 0.05) is 17.8 Å². The molecule has 0 saturated heterocycles. The maximum atomic E-state index is 11.7. The van der Waals surface area contributed by atoms with E-state index in [1.54, 1.807) is 0 Å². The van der Waals surface area contributed by atoms with E-state index in [2.05, 4.69) is 5.32 Å². The van der Waals surface area contributed by atoms with Gasteiger partial charge < -0.3 is 15.8 Å². The monoisotopic (exact) mass is 276 g/mol. The summed E-state index contributed by atoms with van der Waals surface area (Å²) in [7, 11) is 0. The van der Waals surface area contributed by atoms with Gasteiger partial charge in [0.2, 0.25) is 0 Å². The number of nitrogens with one attached hydrogen (secondary N) is 1. The molecule has 1 aromatic carbocycles. The largest absolute Gasteiger partial charge is 0.462 e. The number of carbonyl (C=O) groups is 1. The summed E-state index contributed by atoms with van der Waals surface area (Å²) in [6.45, 7) is 2.45. The van der Waals surface area contributed by atoms with E-state index in [0.29, 0.717) is 24.3 Å². The predicted molar refractivity (Wildman–Crippen MR) is 80.9 cm³/mol. The number of anilines is 1. The van der Waals surface area contributed by atoms with Gasteiger partial charge in [-0.05, 0) is 56.4 Å². The Bertz CT molecular complexity index is 431. The van der Waals surface area contributed by atoms with Crippen LogP contribution >= 0.6 is 0 Å². The Morgan fingerprint density at radius 2 is 2.10 bits per heavy atom. The van der Waals surface area contributed by atoms with Crippen LogP contribution in [0.3, 0.4) is 0 Å². The average Bonchev–Trinajstić information content (AvgIpc) is 2.45. The second-order valence-electron chi connectivity index (χ2n) is 5.48. The molecule has 0 heterocycles. The first-order valence-corrected chi connectivity index (χ1v) is 7.48. The fourth-order valence-electron chi connectivity index (χ4n) is 2.58. The van der Waals surface area contributed by atoms with E-state index in [1.165, 1.54) is 6.42 Å². The lowest BCUT2D eigenvalue weighted by Gasteiger charge is -2.28. The van der Waals surface area contributed by atoms with Crippen molar-refractivity contribution in [2.75, 3.05) is 11.9 Å². The molecule has 3 N–H and O–H groups in total. The van der Waals surface area contributed by atoms with Crippen molar-refractivity contribution in [1.29, 1.82) is 0 Å². The van der Waals surface area contributed by atoms with Crippen molar-refractivity contribution in [3.8, 4) is 0 Å². The first-order chi connectivity index (χ1) is 9.69. The van der Waals surface area contributed by atoms with Crippen LogP contribution in [0.25, 0.3) is 0 Å². The van der Waals surface area contributed by atoms with Gasteiger partial charge in [-0.3, -0.25) is 0 Å². The molecule has 1 aromatic rings. The molecule has 0 aliphatic heterocycles. The molecule has 4 heteroatoms. The minimum atomic E-state index is -0.252. The lowest BCUT2D eigenvalue weighted by Crippen LogP contribution is -2.34. The molecule has 1 saturated carbocycles. The predicted octanol–water partition coefficient (Wildman–Crippen LogP) is 2.94. The Balaban J connectivity index is 1.89. The first kappa shape index (κ1) is 14.9. The summed E-state index contributed by atoms with van der Waals surface area (Å²) < 4.78 is 5.11. The molecule has 20 heavy (non-hydrogen) atoms. The van der Waals surface area contributed by atoms with Crippen molar-refractivity contribution in [1.82, 2.24) is 0 Å². The Morgan fingerprint density at radius 3 is 2.75 bits per heavy atom. The van der Waals surface area contributed by atoms with E-state index in [-0.39, 0.29) is 5.97 Å². The summed E-state index contributed by atoms with van der Waals surface area (Å²) in [6.07, 6.45) is 5.32. The molecule has 2 rings (SSSR count). The first-order valence-electron chi connectivity index (χ1n) is 7.48. The Kier molecular flexibility index (Phi) is 5.41. The second-order valence-corrected chi connectivity index (χ2v) is 5.48. The number of hydrogen-bond donors (Lipinski definition) is 2. The van der Waals surface area contributed by atoms with Crippen LogP contribution in [0.2, 0.25) is 0 Å². The van der Waals surface area contributed by atoms with Gasteiger partial charge in [-0.1, -0.05) is 6.92 Å². The van der Waals surface area contributed by atoms with Crippen LogP contribution < -0.4 is 11.1 Å². The van der Waals surface area contributed by atoms with Gasteiger partial charge in [-0.25, -0.2) is 4.79 Å². The number of rotatable bonds is 5. The number of esters is 1. The molecule has 1 aliphatic carbocycles. The van der Waals surface area contributed by atoms with Crippen LogP contribution in [-0.4, -0.2) is 24.7 Å². The van der Waals surface area contributed by atoms with Gasteiger partial charge in [-0.2, -0.15) is 0 Å². The zero-order valence-corrected chi connectivity index (χ0v) is 12.1. The van der Waals surface area contributed by atoms with Crippen LogP contribution in [0.1, 0.15) is 49.4 Å². The normalized spacial score (nSPS) is 22.3. The highest BCUT2D eigenvalue weighted by molar-refractivity contribution is 5.89. The second kappa shape index (κ2) is 7.29. The highest BCUT2D eigenvalue weighted by atomic mass is 16.5. The van der Waals surface area contributed by atoms with Crippen LogP contribution in [-0.2, 0) is 4.74 Å². The molecule has 0 radical (unpaired) electrons. The standard InChI is InChI=1S/C16H24N2O2/c1-2-10-20-16(19)12-6-8-14(9-7-12)18-15-5-3-4-13(17)11-15/h6-9,13,15,18H,2-5,10-11,17H2,1H3. The van der Waals surface area contributed by atoms with Gasteiger partial charge in [0.05, 0.1) is 12.2 Å². The maximum Gasteiger partial charge on any atom is 0.338 e. The third-order valence-corrected chi connectivity index (χ3v) is 3.64. The summed E-state index contributed by atoms with van der Waals surface area (Å²) in [4.78, 5) is 11.7. The molecule has 1 fully saturated rings. The Hall–Kier alpha value is -1.55. The van der Waals surface area contributed by atoms with E-state index in [9.17, 15) is 4.79 Å². The summed E-state index contributed by atoms with van der Waals surface area (Å²) >= 11 is 0. The topological polar surface area (TPSA) is 64.3 Å². The van der Waals surface area contributed by atoms with Gasteiger partial charge in [0.25, 0.3) is 0 Å². The average molecular weight is 276 g/mol. The van der Waals surface area contributed by atoms with E-state index in [1.807, 2.05) is 31.2 Å². The minimum Gasteiger partial charge on any atom is -0.462 e. The third-order valence-electron chi connectivity index (χ3n) is 3.64. The lowest BCUT2D eigenvalue weighted by molar-refractivity contribution is 0.0505. The van der Waals surface area contributed by atoms with E-state index in [4.69, 9.17) is 10.5 Å². The van der Waals surface area contributed by atoms with Crippen molar-refractivity contribution in [2.45, 2.75) is 51.1 Å². The van der Waals surface area contributed by atoms with Crippen molar-refractivity contribution in [3.63, 3.8) is 0 Å². The Morgan fingerprint density at radius 1 is 1.35 bits per heavy atom. The highest BCUT2D eigenvalue weighted by Gasteiger charge is 2.18. The summed E-state index contributed by atoms with van der Waals surface area (Å²) in [5.74, 6) is -0.252. The van der Waals surface area contributed by atoms with Crippen molar-refractivity contribution < 1.29 is 9.53 Å². The molecule has 0 amide bonds. The number of nitrogens with two attached hydrogens (primary N) is 1. The summed E-state index contributed by atoms with van der Waals surface area (Å²) in [6, 6.07) is 8.23. The lowest BCUT2D eigenvalue weighted by atomic mass is 9.91. The van der Waals surface area contributed by atoms with Crippen molar-refractivity contribution in [3.05, 3.63) is 29.8 Å². The van der Waals surface area contributed by atoms with E-state index >= 15 is 0 Å². The minimum absolute atomic E-state index is 0.252. The zero-order valence-electron chi connectivity index (χ0n) is 12.1. The van der Waals surface area contributed by atoms with Gasteiger partial charge in [0.15, 0.2) is 0 Å². The van der Waals surface area contributed by atoms with E-state index < -0.39 is 0 Å². The summed E-state index contributed by atoms with van der Waals surface area (Å²) in [5, 5.41) is 3.49. The third kappa shape index (κ3) is 4.23. The fraction of sp³-hybridized carbons (Fsp3) is 0.562. The maximum absolute atomic E-state index is 11.7. The molecule has 1 aliphatic rings. The number of carbonyl (C=O) groups excluding carboxylic acids is 1. The van der Waals surface area contributed by atoms with Crippen molar-refractivity contribution >= 4 is 11.7 Å². The van der Waals surface area contributed by atoms with Gasteiger partial charge in [0.1, 0.15) is 0 Å². The molecular formula is C16H24N2O2. The molecule has 4 nitrogen and oxygen atoms in total. The van der Waals surface area contributed by atoms with E-state index in [0.717, 1.165) is 31.4 Å². The molecule has 0 bridgehead atoms. The number of ether oxygens (including phenoxy) is 1. The Labute approximate surface area is 120 Å². The summed E-state index contributed by atoms with van der Waals surface area (Å²) in [5.41, 5.74) is 7.63. The van der Waals surface area contributed by atoms with Crippen LogP contribution in [0, 0.1) is 0 Å². The highest BCUT2D eigenvalue weighted by Crippen LogP contribution is 2.21. The van der Waals surface area contributed by atoms with Crippen LogP contribution in [0.5, 0.6) is 0 Å². The molecule has 2 unspecified atom stereocenters. The van der Waals surface area contributed by atoms with Crippen molar-refractivity contribution in [2.24, 2.45) is 5.73 Å². The zero-order chi connectivity index (χ0) is 14.4. The SMILES string of the molecule is CCCOC(=O)c1ccc(NC2CCCC(N)C2)cc1. The molecule has 0 aromatic heterocycles. The van der Waals surface area contributed by atoms with Crippen LogP contribution in [0.15, 0.2) is 24.3 Å². The molecule has 2 atom stereocenters. The quantitative estimate of drug-likeness (QED) is 0.812. The molecular weight excluding hydrogens is 252 g/mol. The van der Waals surface area contributed by atoms with Gasteiger partial charge in [-0.15, -0.1) is 0 Å². The van der Waals surface area contributed by atoms with Gasteiger partial charge >= 0.3 is 5.97 Å². The fourth-order valence-corrected chi connectivity index (χ4v) is 2.58. The molecule has 110 valence electrons. The smallest absolute Gasteiger partial charge is 0.338 e.